The smallest absolute Gasteiger partial charge is 0.328 e. The van der Waals surface area contributed by atoms with Gasteiger partial charge >= 0.3 is 6.21 Å². The second-order valence-electron chi connectivity index (χ2n) is 5.31. The van der Waals surface area contributed by atoms with Gasteiger partial charge in [0.2, 0.25) is 0 Å². The van der Waals surface area contributed by atoms with Crippen molar-refractivity contribution in [2.24, 2.45) is 0 Å². The molecule has 0 aliphatic heterocycles. The van der Waals surface area contributed by atoms with Crippen molar-refractivity contribution in [2.45, 2.75) is 12.8 Å². The number of carbonyl (C=O) groups is 2. The number of ketones is 2. The van der Waals surface area contributed by atoms with Gasteiger partial charge in [-0.1, -0.05) is 24.3 Å². The van der Waals surface area contributed by atoms with E-state index in [-0.39, 0.29) is 5.78 Å². The molecule has 3 rings (SSSR count). The summed E-state index contributed by atoms with van der Waals surface area (Å²) in [5, 5.41) is 0. The predicted molar refractivity (Wildman–Crippen MR) is 84.3 cm³/mol. The summed E-state index contributed by atoms with van der Waals surface area (Å²) >= 11 is 0. The number of nitrogens with zero attached hydrogens (tertiary/aromatic N) is 2. The third kappa shape index (κ3) is 2.58. The molecular formula is C18H14N2O3. The van der Waals surface area contributed by atoms with Crippen molar-refractivity contribution in [3.63, 3.8) is 0 Å². The van der Waals surface area contributed by atoms with Gasteiger partial charge < -0.3 is 10.3 Å². The van der Waals surface area contributed by atoms with Crippen LogP contribution < -0.4 is 4.74 Å². The van der Waals surface area contributed by atoms with E-state index in [1.165, 1.54) is 13.2 Å². The van der Waals surface area contributed by atoms with E-state index < -0.39 is 5.78 Å². The third-order valence-electron chi connectivity index (χ3n) is 4.02. The summed E-state index contributed by atoms with van der Waals surface area (Å²) in [5.74, 6) is -0.179. The minimum Gasteiger partial charge on any atom is -0.496 e. The first-order valence-electron chi connectivity index (χ1n) is 7.21. The Morgan fingerprint density at radius 1 is 1.22 bits per heavy atom. The number of fused-ring (bicyclic) bond motifs is 2. The molecule has 114 valence electrons. The lowest BCUT2D eigenvalue weighted by molar-refractivity contribution is 0.00234. The molecule has 5 heteroatoms. The van der Waals surface area contributed by atoms with Crippen molar-refractivity contribution in [3.05, 3.63) is 69.7 Å². The molecule has 0 bridgehead atoms. The molecule has 1 aliphatic rings. The van der Waals surface area contributed by atoms with Crippen LogP contribution in [0, 0.1) is 0 Å². The molecule has 0 aromatic heterocycles. The van der Waals surface area contributed by atoms with Crippen molar-refractivity contribution < 1.29 is 19.1 Å². The highest BCUT2D eigenvalue weighted by Gasteiger charge is 2.26. The van der Waals surface area contributed by atoms with Gasteiger partial charge in [-0.25, -0.2) is 0 Å². The van der Waals surface area contributed by atoms with E-state index in [0.29, 0.717) is 35.3 Å². The molecule has 0 amide bonds. The zero-order valence-electron chi connectivity index (χ0n) is 12.6. The molecule has 0 fully saturated rings. The summed E-state index contributed by atoms with van der Waals surface area (Å²) < 4.78 is 5.34. The van der Waals surface area contributed by atoms with Crippen molar-refractivity contribution in [1.29, 1.82) is 0 Å². The average Bonchev–Trinajstić information content (AvgIpc) is 2.72. The summed E-state index contributed by atoms with van der Waals surface area (Å²) in [6.07, 6.45) is 2.17. The largest absolute Gasteiger partial charge is 0.496 e. The molecule has 5 nitrogen and oxygen atoms in total. The van der Waals surface area contributed by atoms with Crippen LogP contribution in [-0.2, 0) is 12.8 Å². The van der Waals surface area contributed by atoms with Crippen LogP contribution in [0.2, 0.25) is 0 Å². The van der Waals surface area contributed by atoms with Crippen LogP contribution in [0.3, 0.4) is 0 Å². The topological polar surface area (TPSA) is 79.8 Å². The van der Waals surface area contributed by atoms with E-state index in [0.717, 1.165) is 17.3 Å². The molecular weight excluding hydrogens is 292 g/mol. The van der Waals surface area contributed by atoms with Gasteiger partial charge in [0, 0.05) is 11.1 Å². The SMILES string of the molecule is COc1cc(C(=O)C=[N+]=[N-])cc2c1C(=O)c1ccccc1CC2. The Kier molecular flexibility index (Phi) is 3.87. The molecule has 0 radical (unpaired) electrons. The summed E-state index contributed by atoms with van der Waals surface area (Å²) in [7, 11) is 1.47. The quantitative estimate of drug-likeness (QED) is 0.378. The minimum atomic E-state index is -0.442. The first kappa shape index (κ1) is 14.9. The number of methoxy groups -OCH3 is 1. The van der Waals surface area contributed by atoms with Gasteiger partial charge in [-0.15, -0.1) is 0 Å². The molecule has 2 aromatic rings. The van der Waals surface area contributed by atoms with Crippen LogP contribution in [0.1, 0.15) is 37.4 Å². The Balaban J connectivity index is 2.20. The summed E-state index contributed by atoms with van der Waals surface area (Å²) in [6.45, 7) is 0. The van der Waals surface area contributed by atoms with Crippen LogP contribution >= 0.6 is 0 Å². The molecule has 0 saturated carbocycles. The van der Waals surface area contributed by atoms with Gasteiger partial charge in [0.15, 0.2) is 5.78 Å². The lowest BCUT2D eigenvalue weighted by atomic mass is 9.95. The van der Waals surface area contributed by atoms with E-state index in [4.69, 9.17) is 10.3 Å². The van der Waals surface area contributed by atoms with E-state index in [2.05, 4.69) is 4.79 Å². The Bertz CT molecular complexity index is 865. The zero-order chi connectivity index (χ0) is 16.4. The van der Waals surface area contributed by atoms with Crippen molar-refractivity contribution in [3.8, 4) is 5.75 Å². The number of hydrogen-bond donors (Lipinski definition) is 0. The Labute approximate surface area is 133 Å². The number of benzene rings is 2. The van der Waals surface area contributed by atoms with Crippen molar-refractivity contribution in [2.75, 3.05) is 7.11 Å². The van der Waals surface area contributed by atoms with Crippen LogP contribution in [0.25, 0.3) is 5.53 Å². The maximum absolute atomic E-state index is 12.9. The number of ether oxygens (including phenoxy) is 1. The second-order valence-corrected chi connectivity index (χ2v) is 5.31. The number of carbonyl (C=O) groups excluding carboxylic acids is 2. The van der Waals surface area contributed by atoms with Gasteiger partial charge in [-0.3, -0.25) is 9.59 Å². The van der Waals surface area contributed by atoms with Crippen molar-refractivity contribution >= 4 is 17.8 Å². The molecule has 0 saturated heterocycles. The van der Waals surface area contributed by atoms with E-state index in [9.17, 15) is 9.59 Å². The predicted octanol–water partition coefficient (Wildman–Crippen LogP) is 2.51. The Morgan fingerprint density at radius 3 is 2.70 bits per heavy atom. The molecule has 0 spiro atoms. The Hall–Kier alpha value is -3.04. The van der Waals surface area contributed by atoms with Gasteiger partial charge in [0.05, 0.1) is 12.7 Å². The molecule has 23 heavy (non-hydrogen) atoms. The fraction of sp³-hybridized carbons (Fsp3) is 0.167. The number of hydrogen-bond acceptors (Lipinski definition) is 3. The van der Waals surface area contributed by atoms with Crippen LogP contribution in [0.4, 0.5) is 0 Å². The Morgan fingerprint density at radius 2 is 1.96 bits per heavy atom. The molecule has 0 unspecified atom stereocenters. The number of rotatable bonds is 3. The summed E-state index contributed by atoms with van der Waals surface area (Å²) in [5.41, 5.74) is 11.8. The first-order valence-corrected chi connectivity index (χ1v) is 7.21. The fourth-order valence-electron chi connectivity index (χ4n) is 2.92. The first-order chi connectivity index (χ1) is 11.2. The van der Waals surface area contributed by atoms with Gasteiger partial charge in [0.25, 0.3) is 5.78 Å². The number of aryl methyl sites for hydroxylation is 2. The molecule has 1 aliphatic carbocycles. The highest BCUT2D eigenvalue weighted by atomic mass is 16.5. The molecule has 0 atom stereocenters. The van der Waals surface area contributed by atoms with E-state index in [1.807, 2.05) is 24.3 Å². The third-order valence-corrected chi connectivity index (χ3v) is 4.02. The highest BCUT2D eigenvalue weighted by molar-refractivity contribution is 6.33. The van der Waals surface area contributed by atoms with Gasteiger partial charge in [0.1, 0.15) is 5.75 Å². The van der Waals surface area contributed by atoms with Gasteiger partial charge in [-0.2, -0.15) is 4.79 Å². The fourth-order valence-corrected chi connectivity index (χ4v) is 2.92. The second kappa shape index (κ2) is 5.99. The normalized spacial score (nSPS) is 12.5. The zero-order valence-corrected chi connectivity index (χ0v) is 12.6. The van der Waals surface area contributed by atoms with Crippen LogP contribution in [0.5, 0.6) is 5.75 Å². The minimum absolute atomic E-state index is 0.0974. The maximum atomic E-state index is 12.9. The van der Waals surface area contributed by atoms with Crippen LogP contribution in [-0.4, -0.2) is 29.7 Å². The standard InChI is InChI=1S/C18H14N2O3/c1-23-16-9-13(15(21)10-20-19)8-12-7-6-11-4-2-3-5-14(11)18(22)17(12)16/h2-5,8-10H,6-7H2,1H3. The molecule has 0 N–H and O–H groups in total. The lowest BCUT2D eigenvalue weighted by Gasteiger charge is -2.12. The van der Waals surface area contributed by atoms with E-state index >= 15 is 0 Å². The van der Waals surface area contributed by atoms with Crippen molar-refractivity contribution in [1.82, 2.24) is 0 Å². The number of Topliss-reactive ketones (excluding diaryl/α,β-unsaturated/α-hetero) is 1. The van der Waals surface area contributed by atoms with Gasteiger partial charge in [-0.05, 0) is 36.1 Å². The highest BCUT2D eigenvalue weighted by Crippen LogP contribution is 2.32. The molecule has 2 aromatic carbocycles. The maximum Gasteiger partial charge on any atom is 0.328 e. The van der Waals surface area contributed by atoms with E-state index in [1.54, 1.807) is 6.07 Å². The summed E-state index contributed by atoms with van der Waals surface area (Å²) in [6, 6.07) is 10.7. The lowest BCUT2D eigenvalue weighted by Crippen LogP contribution is -2.10. The van der Waals surface area contributed by atoms with Crippen LogP contribution in [0.15, 0.2) is 36.4 Å². The monoisotopic (exact) mass is 306 g/mol. The average molecular weight is 306 g/mol. The summed E-state index contributed by atoms with van der Waals surface area (Å²) in [4.78, 5) is 27.6. The molecule has 0 heterocycles.